The van der Waals surface area contributed by atoms with E-state index in [1.165, 1.54) is 21.5 Å². The summed E-state index contributed by atoms with van der Waals surface area (Å²) in [5.74, 6) is -0.249. The quantitative estimate of drug-likeness (QED) is 0.154. The highest BCUT2D eigenvalue weighted by atomic mass is 19.4. The molecule has 4 aromatic heterocycles. The number of hydrogen-bond acceptors (Lipinski definition) is 8. The van der Waals surface area contributed by atoms with Gasteiger partial charge in [-0.2, -0.15) is 36.5 Å². The summed E-state index contributed by atoms with van der Waals surface area (Å²) in [6, 6.07) is 4.39. The van der Waals surface area contributed by atoms with Gasteiger partial charge in [-0.15, -0.1) is 0 Å². The second kappa shape index (κ2) is 17.3. The molecule has 0 aromatic carbocycles. The van der Waals surface area contributed by atoms with Crippen molar-refractivity contribution in [3.8, 4) is 11.4 Å². The lowest BCUT2D eigenvalue weighted by Gasteiger charge is -2.26. The van der Waals surface area contributed by atoms with Crippen LogP contribution in [0.15, 0.2) is 72.4 Å². The molecule has 0 atom stereocenters. The van der Waals surface area contributed by atoms with Gasteiger partial charge in [0.2, 0.25) is 0 Å². The fraction of sp³-hybridized carbons (Fsp3) is 0.425. The first-order valence-corrected chi connectivity index (χ1v) is 18.3. The fourth-order valence-electron chi connectivity index (χ4n) is 6.11. The molecule has 0 unspecified atom stereocenters. The van der Waals surface area contributed by atoms with Crippen molar-refractivity contribution in [1.29, 1.82) is 0 Å². The molecule has 2 aliphatic rings. The van der Waals surface area contributed by atoms with Crippen LogP contribution in [0.3, 0.4) is 0 Å². The van der Waals surface area contributed by atoms with Crippen molar-refractivity contribution in [3.05, 3.63) is 106 Å². The van der Waals surface area contributed by atoms with Crippen LogP contribution in [0.1, 0.15) is 99.6 Å². The number of halogens is 6. The first kappa shape index (κ1) is 42.5. The number of ketones is 1. The molecule has 2 aliphatic carbocycles. The number of alkyl halides is 6. The minimum Gasteiger partial charge on any atom is -0.443 e. The number of carbonyl (C=O) groups is 3. The average molecular weight is 800 g/mol. The molecule has 17 heteroatoms. The zero-order valence-electron chi connectivity index (χ0n) is 32.2. The summed E-state index contributed by atoms with van der Waals surface area (Å²) in [5.41, 5.74) is 2.27. The number of aryl methyl sites for hydroxylation is 3. The van der Waals surface area contributed by atoms with E-state index < -0.39 is 41.3 Å². The molecule has 0 radical (unpaired) electrons. The van der Waals surface area contributed by atoms with Gasteiger partial charge in [0.15, 0.2) is 5.78 Å². The van der Waals surface area contributed by atoms with Crippen molar-refractivity contribution in [2.75, 3.05) is 0 Å². The van der Waals surface area contributed by atoms with Crippen molar-refractivity contribution >= 4 is 17.8 Å². The number of ether oxygens (including phenoxy) is 1. The molecule has 2 amide bonds. The summed E-state index contributed by atoms with van der Waals surface area (Å²) >= 11 is 0. The van der Waals surface area contributed by atoms with E-state index in [-0.39, 0.29) is 12.3 Å². The minimum absolute atomic E-state index is 0.0784. The lowest BCUT2D eigenvalue weighted by molar-refractivity contribution is -0.141. The molecule has 0 saturated carbocycles. The standard InChI is InChI=1S/C22H25F3N4O3.C18H18F3N3O/c1-14-16(13-29(27-14)17-9-10-18(26-11-17)22(23,24)25)12-28(20(31)32-21(2,3)4)19(30)15-7-5-6-8-15;1-12-14(6-8-16(25)13-4-2-3-5-13)11-24(23-12)15-7-9-17(22-10-15)18(19,20)21/h7,9-11,13H,5-6,8,12H2,1-4H3;4,7,9-11H,2-3,5-6,8H2,1H3. The first-order valence-electron chi connectivity index (χ1n) is 18.3. The summed E-state index contributed by atoms with van der Waals surface area (Å²) < 4.78 is 84.3. The van der Waals surface area contributed by atoms with Crippen molar-refractivity contribution < 1.29 is 45.5 Å². The first-order chi connectivity index (χ1) is 26.7. The Kier molecular flexibility index (Phi) is 12.9. The van der Waals surface area contributed by atoms with Crippen LogP contribution < -0.4 is 0 Å². The van der Waals surface area contributed by atoms with Crippen LogP contribution >= 0.6 is 0 Å². The van der Waals surface area contributed by atoms with Gasteiger partial charge in [0.05, 0.1) is 41.7 Å². The van der Waals surface area contributed by atoms with Crippen LogP contribution in [0.4, 0.5) is 31.1 Å². The van der Waals surface area contributed by atoms with Gasteiger partial charge in [-0.05, 0) is 115 Å². The van der Waals surface area contributed by atoms with Gasteiger partial charge in [-0.25, -0.2) is 29.0 Å². The van der Waals surface area contributed by atoms with Crippen LogP contribution in [-0.2, 0) is 39.6 Å². The van der Waals surface area contributed by atoms with Gasteiger partial charge in [0.25, 0.3) is 5.91 Å². The minimum atomic E-state index is -4.53. The molecule has 4 aromatic rings. The highest BCUT2D eigenvalue weighted by molar-refractivity contribution is 6.02. The Labute approximate surface area is 325 Å². The summed E-state index contributed by atoms with van der Waals surface area (Å²) in [7, 11) is 0. The summed E-state index contributed by atoms with van der Waals surface area (Å²) in [5, 5.41) is 8.62. The van der Waals surface area contributed by atoms with Crippen molar-refractivity contribution in [2.45, 2.75) is 110 Å². The highest BCUT2D eigenvalue weighted by Gasteiger charge is 2.34. The lowest BCUT2D eigenvalue weighted by Crippen LogP contribution is -2.41. The van der Waals surface area contributed by atoms with E-state index in [0.717, 1.165) is 78.4 Å². The number of aromatic nitrogens is 6. The third kappa shape index (κ3) is 11.3. The summed E-state index contributed by atoms with van der Waals surface area (Å²) in [6.45, 7) is 8.57. The van der Waals surface area contributed by atoms with Crippen molar-refractivity contribution in [2.24, 2.45) is 0 Å². The van der Waals surface area contributed by atoms with Gasteiger partial charge in [-0.1, -0.05) is 12.2 Å². The SMILES string of the molecule is Cc1nn(-c2ccc(C(F)(F)F)nc2)cc1CCC(=O)C1=CCCC1.Cc1nn(-c2ccc(C(F)(F)F)nc2)cc1CN(C(=O)OC(C)(C)C)C(=O)C1=CCCC1. The number of nitrogens with zero attached hydrogens (tertiary/aromatic N) is 7. The number of pyridine rings is 2. The molecule has 11 nitrogen and oxygen atoms in total. The number of hydrogen-bond donors (Lipinski definition) is 0. The molecular weight excluding hydrogens is 756 g/mol. The van der Waals surface area contributed by atoms with Crippen LogP contribution in [-0.4, -0.2) is 57.8 Å². The van der Waals surface area contributed by atoms with Crippen LogP contribution in [0.25, 0.3) is 11.4 Å². The predicted octanol–water partition coefficient (Wildman–Crippen LogP) is 9.18. The molecule has 6 rings (SSSR count). The normalized spacial score (nSPS) is 14.4. The van der Waals surface area contributed by atoms with Gasteiger partial charge < -0.3 is 4.74 Å². The zero-order chi connectivity index (χ0) is 41.7. The van der Waals surface area contributed by atoms with Crippen LogP contribution in [0.5, 0.6) is 0 Å². The Hall–Kier alpha value is -5.61. The fourth-order valence-corrected chi connectivity index (χ4v) is 6.11. The third-order valence-corrected chi connectivity index (χ3v) is 9.13. The van der Waals surface area contributed by atoms with Gasteiger partial charge in [0, 0.05) is 30.0 Å². The maximum Gasteiger partial charge on any atom is 0.433 e. The summed E-state index contributed by atoms with van der Waals surface area (Å²) in [6.07, 6.45) is 5.67. The maximum absolute atomic E-state index is 13.0. The Morgan fingerprint density at radius 3 is 1.67 bits per heavy atom. The Bertz CT molecular complexity index is 2140. The second-order valence-corrected chi connectivity index (χ2v) is 14.7. The van der Waals surface area contributed by atoms with Gasteiger partial charge >= 0.3 is 18.4 Å². The van der Waals surface area contributed by atoms with E-state index in [4.69, 9.17) is 4.74 Å². The van der Waals surface area contributed by atoms with Gasteiger partial charge in [0.1, 0.15) is 17.0 Å². The zero-order valence-corrected chi connectivity index (χ0v) is 32.2. The predicted molar refractivity (Wildman–Crippen MR) is 196 cm³/mol. The molecule has 0 saturated heterocycles. The van der Waals surface area contributed by atoms with Gasteiger partial charge in [-0.3, -0.25) is 9.59 Å². The molecule has 0 spiro atoms. The van der Waals surface area contributed by atoms with Crippen molar-refractivity contribution in [3.63, 3.8) is 0 Å². The second-order valence-electron chi connectivity index (χ2n) is 14.7. The topological polar surface area (TPSA) is 125 Å². The number of Topliss-reactive ketones (excluding diaryl/α,β-unsaturated/α-hetero) is 1. The van der Waals surface area contributed by atoms with E-state index in [0.29, 0.717) is 47.5 Å². The monoisotopic (exact) mass is 799 g/mol. The largest absolute Gasteiger partial charge is 0.443 e. The molecule has 0 bridgehead atoms. The molecule has 4 heterocycles. The van der Waals surface area contributed by atoms with Crippen molar-refractivity contribution in [1.82, 2.24) is 34.4 Å². The number of carbonyl (C=O) groups excluding carboxylic acids is 3. The number of rotatable bonds is 9. The van der Waals surface area contributed by atoms with E-state index in [9.17, 15) is 40.7 Å². The molecule has 0 fully saturated rings. The number of allylic oxidation sites excluding steroid dienone is 3. The average Bonchev–Trinajstić information content (AvgIpc) is 3.97. The lowest BCUT2D eigenvalue weighted by atomic mass is 10.0. The molecule has 304 valence electrons. The smallest absolute Gasteiger partial charge is 0.433 e. The molecular formula is C40H43F6N7O4. The highest BCUT2D eigenvalue weighted by Crippen LogP contribution is 2.30. The Morgan fingerprint density at radius 2 is 1.23 bits per heavy atom. The molecule has 0 aliphatic heterocycles. The Morgan fingerprint density at radius 1 is 0.737 bits per heavy atom. The number of amides is 2. The molecule has 57 heavy (non-hydrogen) atoms. The third-order valence-electron chi connectivity index (χ3n) is 9.13. The summed E-state index contributed by atoms with van der Waals surface area (Å²) in [4.78, 5) is 45.9. The van der Waals surface area contributed by atoms with E-state index >= 15 is 0 Å². The number of imide groups is 1. The van der Waals surface area contributed by atoms with E-state index in [1.807, 2.05) is 19.1 Å². The van der Waals surface area contributed by atoms with E-state index in [1.54, 1.807) is 40.1 Å². The van der Waals surface area contributed by atoms with Crippen LogP contribution in [0, 0.1) is 13.8 Å². The maximum atomic E-state index is 13.0. The Balaban J connectivity index is 0.000000224. The van der Waals surface area contributed by atoms with Crippen LogP contribution in [0.2, 0.25) is 0 Å². The van der Waals surface area contributed by atoms with E-state index in [2.05, 4.69) is 20.2 Å². The molecule has 0 N–H and O–H groups in total.